The smallest absolute Gasteiger partial charge is 0.306 e. The summed E-state index contributed by atoms with van der Waals surface area (Å²) in [5.41, 5.74) is 0. The summed E-state index contributed by atoms with van der Waals surface area (Å²) in [4.78, 5) is 26.4. The molecule has 8 unspecified atom stereocenters. The van der Waals surface area contributed by atoms with Gasteiger partial charge in [-0.15, -0.1) is 0 Å². The Morgan fingerprint density at radius 3 is 1.59 bits per heavy atom. The van der Waals surface area contributed by atoms with Crippen LogP contribution in [-0.2, 0) is 23.8 Å². The van der Waals surface area contributed by atoms with E-state index in [0.29, 0.717) is 12.8 Å². The lowest BCUT2D eigenvalue weighted by molar-refractivity contribution is -0.305. The normalized spacial score (nSPS) is 20.3. The minimum Gasteiger partial charge on any atom is -0.454 e. The minimum absolute atomic E-state index is 0.102. The van der Waals surface area contributed by atoms with Gasteiger partial charge in [0.15, 0.2) is 12.4 Å². The monoisotopic (exact) mass is 962 g/mol. The first kappa shape index (κ1) is 63.6. The summed E-state index contributed by atoms with van der Waals surface area (Å²) in [6.07, 6.45) is 43.0. The molecule has 1 heterocycles. The van der Waals surface area contributed by atoms with Gasteiger partial charge in [-0.25, -0.2) is 0 Å². The van der Waals surface area contributed by atoms with Crippen LogP contribution in [0.1, 0.15) is 239 Å². The van der Waals surface area contributed by atoms with E-state index >= 15 is 0 Å². The third-order valence-corrected chi connectivity index (χ3v) is 13.0. The van der Waals surface area contributed by atoms with E-state index in [0.717, 1.165) is 96.3 Å². The van der Waals surface area contributed by atoms with Crippen molar-refractivity contribution in [2.75, 3.05) is 13.2 Å². The molecule has 0 aliphatic carbocycles. The molecule has 0 bridgehead atoms. The molecule has 1 rings (SSSR count). The number of hydrogen-bond acceptors (Lipinski definition) is 10. The van der Waals surface area contributed by atoms with Gasteiger partial charge >= 0.3 is 5.97 Å². The van der Waals surface area contributed by atoms with Crippen molar-refractivity contribution in [1.82, 2.24) is 5.32 Å². The van der Waals surface area contributed by atoms with Gasteiger partial charge in [-0.3, -0.25) is 9.59 Å². The number of carbonyl (C=O) groups excluding carboxylic acids is 2. The van der Waals surface area contributed by atoms with Gasteiger partial charge in [0.05, 0.1) is 25.4 Å². The molecular formula is C57H103NO10. The van der Waals surface area contributed by atoms with E-state index in [9.17, 15) is 35.1 Å². The Kier molecular flexibility index (Phi) is 42.8. The molecule has 0 aromatic rings. The standard InChI is InChI=1S/C57H103NO10/c1-4-7-10-13-16-19-22-25-28-31-34-37-40-43-49(60)48(58-56(65)50(61)44-41-38-35-32-29-26-23-20-17-14-11-8-5-2)47-66-57-55(54(64)53(63)51(46-59)67-57)68-52(62)45-42-39-36-33-30-27-24-21-18-15-12-9-6-3/h8,11,17,20,27,30,40,43,48-51,53-55,57,59-61,63-64H,4-7,9-10,12-16,18-19,21-26,28-29,31-39,41-42,44-47H2,1-3H3,(H,58,65)/b11-8+,20-17+,30-27-,43-40+. The van der Waals surface area contributed by atoms with Crippen LogP contribution in [0.25, 0.3) is 0 Å². The molecule has 1 amide bonds. The van der Waals surface area contributed by atoms with Crippen molar-refractivity contribution in [3.8, 4) is 0 Å². The Hall–Kier alpha value is -2.38. The predicted octanol–water partition coefficient (Wildman–Crippen LogP) is 12.1. The molecule has 396 valence electrons. The fourth-order valence-electron chi connectivity index (χ4n) is 8.51. The molecule has 0 saturated carbocycles. The first-order chi connectivity index (χ1) is 33.2. The van der Waals surface area contributed by atoms with Crippen molar-refractivity contribution in [3.63, 3.8) is 0 Å². The fourth-order valence-corrected chi connectivity index (χ4v) is 8.51. The number of aliphatic hydroxyl groups is 5. The second-order valence-electron chi connectivity index (χ2n) is 19.3. The van der Waals surface area contributed by atoms with Crippen LogP contribution in [0.5, 0.6) is 0 Å². The van der Waals surface area contributed by atoms with Crippen molar-refractivity contribution in [2.24, 2.45) is 0 Å². The van der Waals surface area contributed by atoms with Crippen LogP contribution in [0.4, 0.5) is 0 Å². The highest BCUT2D eigenvalue weighted by Gasteiger charge is 2.47. The molecule has 0 radical (unpaired) electrons. The summed E-state index contributed by atoms with van der Waals surface area (Å²) in [7, 11) is 0. The summed E-state index contributed by atoms with van der Waals surface area (Å²) >= 11 is 0. The summed E-state index contributed by atoms with van der Waals surface area (Å²) in [6, 6.07) is -1.03. The van der Waals surface area contributed by atoms with E-state index in [1.807, 2.05) is 6.08 Å². The number of rotatable bonds is 46. The summed E-state index contributed by atoms with van der Waals surface area (Å²) in [5.74, 6) is -1.22. The van der Waals surface area contributed by atoms with Gasteiger partial charge in [0.1, 0.15) is 24.4 Å². The second kappa shape index (κ2) is 45.7. The zero-order chi connectivity index (χ0) is 49.7. The van der Waals surface area contributed by atoms with Gasteiger partial charge in [-0.05, 0) is 77.0 Å². The van der Waals surface area contributed by atoms with Crippen LogP contribution in [0.15, 0.2) is 48.6 Å². The average molecular weight is 962 g/mol. The second-order valence-corrected chi connectivity index (χ2v) is 19.3. The SMILES string of the molecule is CC/C=C/C/C=C/CCCCCCCCC(O)C(=O)NC(COC1OC(CO)C(O)C(O)C1OC(=O)CCCCC/C=C\CCCCCCCC)C(O)/C=C/CCCCCCCCCCCCC. The molecule has 1 saturated heterocycles. The number of amides is 1. The van der Waals surface area contributed by atoms with Crippen molar-refractivity contribution in [1.29, 1.82) is 0 Å². The number of ether oxygens (including phenoxy) is 3. The van der Waals surface area contributed by atoms with Crippen LogP contribution in [0, 0.1) is 0 Å². The Bertz CT molecular complexity index is 1290. The summed E-state index contributed by atoms with van der Waals surface area (Å²) < 4.78 is 17.5. The van der Waals surface area contributed by atoms with E-state index in [2.05, 4.69) is 62.5 Å². The number of unbranched alkanes of at least 4 members (excludes halogenated alkanes) is 26. The largest absolute Gasteiger partial charge is 0.454 e. The highest BCUT2D eigenvalue weighted by Crippen LogP contribution is 2.26. The molecule has 1 aliphatic rings. The van der Waals surface area contributed by atoms with Crippen LogP contribution in [0.2, 0.25) is 0 Å². The number of nitrogens with one attached hydrogen (secondary N) is 1. The lowest BCUT2D eigenvalue weighted by Crippen LogP contribution is -2.61. The number of hydrogen-bond donors (Lipinski definition) is 6. The van der Waals surface area contributed by atoms with Crippen LogP contribution in [-0.4, -0.2) is 99.6 Å². The molecule has 1 fully saturated rings. The molecule has 68 heavy (non-hydrogen) atoms. The lowest BCUT2D eigenvalue weighted by Gasteiger charge is -2.41. The van der Waals surface area contributed by atoms with E-state index in [4.69, 9.17) is 14.2 Å². The van der Waals surface area contributed by atoms with Crippen LogP contribution >= 0.6 is 0 Å². The van der Waals surface area contributed by atoms with Crippen molar-refractivity contribution in [2.45, 2.75) is 288 Å². The number of aliphatic hydroxyl groups excluding tert-OH is 5. The number of carbonyl (C=O) groups is 2. The lowest BCUT2D eigenvalue weighted by atomic mass is 9.99. The van der Waals surface area contributed by atoms with Gasteiger partial charge in [0.2, 0.25) is 5.91 Å². The van der Waals surface area contributed by atoms with Gasteiger partial charge in [-0.2, -0.15) is 0 Å². The Morgan fingerprint density at radius 1 is 0.588 bits per heavy atom. The Morgan fingerprint density at radius 2 is 1.06 bits per heavy atom. The Labute approximate surface area is 415 Å². The summed E-state index contributed by atoms with van der Waals surface area (Å²) in [6.45, 7) is 5.64. The first-order valence-electron chi connectivity index (χ1n) is 27.9. The zero-order valence-corrected chi connectivity index (χ0v) is 43.5. The van der Waals surface area contributed by atoms with Gasteiger partial charge < -0.3 is 45.1 Å². The highest BCUT2D eigenvalue weighted by atomic mass is 16.7. The topological polar surface area (TPSA) is 175 Å². The highest BCUT2D eigenvalue weighted by molar-refractivity contribution is 5.80. The molecule has 1 aliphatic heterocycles. The van der Waals surface area contributed by atoms with Gasteiger partial charge in [0.25, 0.3) is 0 Å². The first-order valence-corrected chi connectivity index (χ1v) is 27.9. The van der Waals surface area contributed by atoms with E-state index in [1.54, 1.807) is 6.08 Å². The third kappa shape index (κ3) is 34.0. The van der Waals surface area contributed by atoms with Gasteiger partial charge in [0, 0.05) is 6.42 Å². The van der Waals surface area contributed by atoms with Crippen molar-refractivity contribution < 1.29 is 49.3 Å². The van der Waals surface area contributed by atoms with E-state index in [1.165, 1.54) is 96.3 Å². The molecule has 11 nitrogen and oxygen atoms in total. The molecule has 6 N–H and O–H groups in total. The van der Waals surface area contributed by atoms with Crippen LogP contribution in [0.3, 0.4) is 0 Å². The number of esters is 1. The molecule has 0 aromatic heterocycles. The summed E-state index contributed by atoms with van der Waals surface area (Å²) in [5, 5.41) is 56.7. The maximum absolute atomic E-state index is 13.3. The van der Waals surface area contributed by atoms with Crippen molar-refractivity contribution >= 4 is 11.9 Å². The molecule has 0 spiro atoms. The third-order valence-electron chi connectivity index (χ3n) is 13.0. The minimum atomic E-state index is -1.62. The molecular weight excluding hydrogens is 859 g/mol. The predicted molar refractivity (Wildman–Crippen MR) is 278 cm³/mol. The molecule has 8 atom stereocenters. The quantitative estimate of drug-likeness (QED) is 0.0196. The molecule has 0 aromatic carbocycles. The van der Waals surface area contributed by atoms with Gasteiger partial charge in [-0.1, -0.05) is 204 Å². The maximum Gasteiger partial charge on any atom is 0.306 e. The Balaban J connectivity index is 2.78. The van der Waals surface area contributed by atoms with Crippen LogP contribution < -0.4 is 5.32 Å². The fraction of sp³-hybridized carbons (Fsp3) is 0.825. The van der Waals surface area contributed by atoms with E-state index in [-0.39, 0.29) is 19.4 Å². The average Bonchev–Trinajstić information content (AvgIpc) is 3.33. The molecule has 11 heteroatoms. The van der Waals surface area contributed by atoms with Crippen molar-refractivity contribution in [3.05, 3.63) is 48.6 Å². The van der Waals surface area contributed by atoms with E-state index < -0.39 is 67.4 Å². The zero-order valence-electron chi connectivity index (χ0n) is 43.5. The maximum atomic E-state index is 13.3. The number of allylic oxidation sites excluding steroid dienone is 7.